The highest BCUT2D eigenvalue weighted by atomic mass is 79.9. The zero-order chi connectivity index (χ0) is 10.1. The maximum absolute atomic E-state index is 12.7. The molecule has 0 aromatic heterocycles. The lowest BCUT2D eigenvalue weighted by Crippen LogP contribution is -2.16. The summed E-state index contributed by atoms with van der Waals surface area (Å²) in [6.07, 6.45) is -7.74. The van der Waals surface area contributed by atoms with Gasteiger partial charge in [0.1, 0.15) is 0 Å². The number of hydrogen-bond acceptors (Lipinski definition) is 0. The standard InChI is InChI=1S/C8H5BrF4/c9-6-3-1-2-5(4-6)7(10)8(11,12)13/h1-4,7H. The zero-order valence-electron chi connectivity index (χ0n) is 6.28. The van der Waals surface area contributed by atoms with E-state index in [1.165, 1.54) is 12.1 Å². The highest BCUT2D eigenvalue weighted by molar-refractivity contribution is 9.10. The van der Waals surface area contributed by atoms with Crippen LogP contribution in [0.25, 0.3) is 0 Å². The first-order chi connectivity index (χ1) is 5.91. The van der Waals surface area contributed by atoms with Crippen LogP contribution in [0.2, 0.25) is 0 Å². The maximum atomic E-state index is 12.7. The molecule has 0 fully saturated rings. The van der Waals surface area contributed by atoms with Gasteiger partial charge in [0.2, 0.25) is 6.17 Å². The highest BCUT2D eigenvalue weighted by Gasteiger charge is 2.41. The third kappa shape index (κ3) is 2.69. The Hall–Kier alpha value is -0.580. The summed E-state index contributed by atoms with van der Waals surface area (Å²) in [5.74, 6) is 0. The van der Waals surface area contributed by atoms with E-state index in [9.17, 15) is 17.6 Å². The Bertz CT molecular complexity index is 294. The molecule has 1 aromatic carbocycles. The normalized spacial score (nSPS) is 14.2. The lowest BCUT2D eigenvalue weighted by Gasteiger charge is -2.12. The molecule has 5 heteroatoms. The van der Waals surface area contributed by atoms with E-state index in [0.29, 0.717) is 4.47 Å². The first kappa shape index (κ1) is 10.5. The molecule has 0 amide bonds. The quantitative estimate of drug-likeness (QED) is 0.666. The second kappa shape index (κ2) is 3.65. The van der Waals surface area contributed by atoms with Gasteiger partial charge >= 0.3 is 6.18 Å². The van der Waals surface area contributed by atoms with Gasteiger partial charge < -0.3 is 0 Å². The first-order valence-corrected chi connectivity index (χ1v) is 4.17. The van der Waals surface area contributed by atoms with E-state index in [2.05, 4.69) is 15.9 Å². The van der Waals surface area contributed by atoms with Crippen molar-refractivity contribution in [2.45, 2.75) is 12.3 Å². The third-order valence-corrected chi connectivity index (χ3v) is 1.92. The van der Waals surface area contributed by atoms with Crippen molar-refractivity contribution in [3.8, 4) is 0 Å². The van der Waals surface area contributed by atoms with Crippen LogP contribution in [0.3, 0.4) is 0 Å². The van der Waals surface area contributed by atoms with Crippen LogP contribution in [-0.2, 0) is 0 Å². The summed E-state index contributed by atoms with van der Waals surface area (Å²) in [7, 11) is 0. The molecule has 0 aliphatic carbocycles. The molecule has 0 heterocycles. The molecule has 0 aliphatic rings. The topological polar surface area (TPSA) is 0 Å². The van der Waals surface area contributed by atoms with Crippen molar-refractivity contribution >= 4 is 15.9 Å². The molecule has 0 aliphatic heterocycles. The van der Waals surface area contributed by atoms with Gasteiger partial charge in [0.25, 0.3) is 0 Å². The van der Waals surface area contributed by atoms with Crippen LogP contribution in [0.4, 0.5) is 17.6 Å². The molecule has 0 radical (unpaired) electrons. The number of benzene rings is 1. The number of halogens is 5. The molecule has 0 bridgehead atoms. The summed E-state index contributed by atoms with van der Waals surface area (Å²) < 4.78 is 48.7. The molecule has 13 heavy (non-hydrogen) atoms. The molecular formula is C8H5BrF4. The van der Waals surface area contributed by atoms with Gasteiger partial charge in [-0.05, 0) is 17.7 Å². The van der Waals surface area contributed by atoms with Crippen LogP contribution in [0, 0.1) is 0 Å². The lowest BCUT2D eigenvalue weighted by molar-refractivity contribution is -0.182. The van der Waals surface area contributed by atoms with Gasteiger partial charge in [-0.15, -0.1) is 0 Å². The zero-order valence-corrected chi connectivity index (χ0v) is 7.86. The average Bonchev–Trinajstić information content (AvgIpc) is 2.01. The van der Waals surface area contributed by atoms with Crippen molar-refractivity contribution in [3.63, 3.8) is 0 Å². The van der Waals surface area contributed by atoms with E-state index in [-0.39, 0.29) is 5.56 Å². The molecule has 0 spiro atoms. The van der Waals surface area contributed by atoms with Crippen molar-refractivity contribution < 1.29 is 17.6 Å². The lowest BCUT2D eigenvalue weighted by atomic mass is 10.1. The molecule has 1 rings (SSSR count). The van der Waals surface area contributed by atoms with Crippen LogP contribution in [0.1, 0.15) is 11.7 Å². The first-order valence-electron chi connectivity index (χ1n) is 3.37. The monoisotopic (exact) mass is 256 g/mol. The average molecular weight is 257 g/mol. The number of alkyl halides is 4. The maximum Gasteiger partial charge on any atom is 0.423 e. The van der Waals surface area contributed by atoms with Gasteiger partial charge in [0.15, 0.2) is 0 Å². The number of rotatable bonds is 1. The SMILES string of the molecule is FC(c1cccc(Br)c1)C(F)(F)F. The fourth-order valence-electron chi connectivity index (χ4n) is 0.853. The van der Waals surface area contributed by atoms with Gasteiger partial charge in [0, 0.05) is 4.47 Å². The van der Waals surface area contributed by atoms with Crippen molar-refractivity contribution in [2.75, 3.05) is 0 Å². The fraction of sp³-hybridized carbons (Fsp3) is 0.250. The minimum Gasteiger partial charge on any atom is -0.232 e. The summed E-state index contributed by atoms with van der Waals surface area (Å²) in [4.78, 5) is 0. The molecule has 1 aromatic rings. The Morgan fingerprint density at radius 1 is 1.23 bits per heavy atom. The van der Waals surface area contributed by atoms with E-state index in [1.807, 2.05) is 0 Å². The van der Waals surface area contributed by atoms with Crippen LogP contribution >= 0.6 is 15.9 Å². The molecule has 72 valence electrons. The van der Waals surface area contributed by atoms with Gasteiger partial charge in [-0.1, -0.05) is 28.1 Å². The molecule has 1 unspecified atom stereocenters. The number of hydrogen-bond donors (Lipinski definition) is 0. The predicted molar refractivity (Wildman–Crippen MR) is 44.0 cm³/mol. The van der Waals surface area contributed by atoms with Crippen molar-refractivity contribution in [3.05, 3.63) is 34.3 Å². The van der Waals surface area contributed by atoms with E-state index >= 15 is 0 Å². The third-order valence-electron chi connectivity index (χ3n) is 1.43. The van der Waals surface area contributed by atoms with E-state index in [4.69, 9.17) is 0 Å². The van der Waals surface area contributed by atoms with E-state index in [0.717, 1.165) is 12.1 Å². The summed E-state index contributed by atoms with van der Waals surface area (Å²) in [6, 6.07) is 5.10. The summed E-state index contributed by atoms with van der Waals surface area (Å²) in [6.45, 7) is 0. The Morgan fingerprint density at radius 3 is 2.31 bits per heavy atom. The Kier molecular flexibility index (Phi) is 2.95. The minimum absolute atomic E-state index is 0.387. The van der Waals surface area contributed by atoms with Gasteiger partial charge in [0.05, 0.1) is 0 Å². The van der Waals surface area contributed by atoms with Gasteiger partial charge in [-0.3, -0.25) is 0 Å². The molecule has 0 saturated carbocycles. The Balaban J connectivity index is 2.96. The van der Waals surface area contributed by atoms with Crippen LogP contribution in [0.5, 0.6) is 0 Å². The predicted octanol–water partition coefficient (Wildman–Crippen LogP) is 4.02. The summed E-state index contributed by atoms with van der Waals surface area (Å²) in [5.41, 5.74) is -0.387. The van der Waals surface area contributed by atoms with Gasteiger partial charge in [-0.25, -0.2) is 4.39 Å². The minimum atomic E-state index is -4.83. The largest absolute Gasteiger partial charge is 0.423 e. The Labute approximate surface area is 80.7 Å². The smallest absolute Gasteiger partial charge is 0.232 e. The van der Waals surface area contributed by atoms with Crippen molar-refractivity contribution in [1.29, 1.82) is 0 Å². The molecule has 0 nitrogen and oxygen atoms in total. The Morgan fingerprint density at radius 2 is 1.85 bits per heavy atom. The van der Waals surface area contributed by atoms with Crippen LogP contribution < -0.4 is 0 Å². The molecule has 0 N–H and O–H groups in total. The summed E-state index contributed by atoms with van der Waals surface area (Å²) >= 11 is 2.96. The van der Waals surface area contributed by atoms with Crippen LogP contribution in [-0.4, -0.2) is 6.18 Å². The van der Waals surface area contributed by atoms with E-state index < -0.39 is 12.3 Å². The summed E-state index contributed by atoms with van der Waals surface area (Å²) in [5, 5.41) is 0. The van der Waals surface area contributed by atoms with Crippen molar-refractivity contribution in [2.24, 2.45) is 0 Å². The molecule has 1 atom stereocenters. The highest BCUT2D eigenvalue weighted by Crippen LogP contribution is 2.36. The van der Waals surface area contributed by atoms with Crippen LogP contribution in [0.15, 0.2) is 28.7 Å². The van der Waals surface area contributed by atoms with Gasteiger partial charge in [-0.2, -0.15) is 13.2 Å². The second-order valence-electron chi connectivity index (χ2n) is 2.46. The van der Waals surface area contributed by atoms with E-state index in [1.54, 1.807) is 0 Å². The fourth-order valence-corrected chi connectivity index (χ4v) is 1.27. The molecule has 0 saturated heterocycles. The van der Waals surface area contributed by atoms with Crippen molar-refractivity contribution in [1.82, 2.24) is 0 Å². The second-order valence-corrected chi connectivity index (χ2v) is 3.37. The molecular weight excluding hydrogens is 252 g/mol.